The van der Waals surface area contributed by atoms with Gasteiger partial charge in [-0.3, -0.25) is 18.9 Å². The van der Waals surface area contributed by atoms with Crippen LogP contribution < -0.4 is 15.2 Å². The van der Waals surface area contributed by atoms with Gasteiger partial charge in [-0.1, -0.05) is 18.7 Å². The second kappa shape index (κ2) is 9.73. The summed E-state index contributed by atoms with van der Waals surface area (Å²) in [6, 6.07) is 14.8. The largest absolute Gasteiger partial charge is 0.493 e. The lowest BCUT2D eigenvalue weighted by atomic mass is 10.1. The van der Waals surface area contributed by atoms with Crippen molar-refractivity contribution in [3.05, 3.63) is 89.6 Å². The summed E-state index contributed by atoms with van der Waals surface area (Å²) >= 11 is 0. The molecule has 0 saturated carbocycles. The van der Waals surface area contributed by atoms with Crippen molar-refractivity contribution in [1.29, 1.82) is 0 Å². The van der Waals surface area contributed by atoms with Gasteiger partial charge in [0, 0.05) is 19.3 Å². The van der Waals surface area contributed by atoms with Crippen LogP contribution in [0.5, 0.6) is 17.2 Å². The molecule has 36 heavy (non-hydrogen) atoms. The number of carbonyl (C=O) groups excluding carboxylic acids is 1. The van der Waals surface area contributed by atoms with Gasteiger partial charge in [0.15, 0.2) is 11.5 Å². The summed E-state index contributed by atoms with van der Waals surface area (Å²) in [4.78, 5) is 32.0. The Hall–Kier alpha value is -4.33. The van der Waals surface area contributed by atoms with Gasteiger partial charge in [0.25, 0.3) is 0 Å². The van der Waals surface area contributed by atoms with E-state index in [2.05, 4.69) is 11.6 Å². The van der Waals surface area contributed by atoms with E-state index in [-0.39, 0.29) is 17.6 Å². The molecule has 8 heteroatoms. The highest BCUT2D eigenvalue weighted by molar-refractivity contribution is 5.87. The van der Waals surface area contributed by atoms with E-state index in [4.69, 9.17) is 9.47 Å². The zero-order valence-electron chi connectivity index (χ0n) is 20.4. The predicted molar refractivity (Wildman–Crippen MR) is 138 cm³/mol. The van der Waals surface area contributed by atoms with Crippen molar-refractivity contribution >= 4 is 16.9 Å². The molecule has 1 atom stereocenters. The summed E-state index contributed by atoms with van der Waals surface area (Å²) in [6.45, 7) is 6.70. The monoisotopic (exact) mass is 484 g/mol. The van der Waals surface area contributed by atoms with Crippen LogP contribution in [0.4, 0.5) is 0 Å². The average molecular weight is 485 g/mol. The van der Waals surface area contributed by atoms with Gasteiger partial charge in [0.05, 0.1) is 36.1 Å². The Labute approximate surface area is 209 Å². The number of nitrogens with zero attached hydrogens (tertiary/aromatic N) is 4. The fourth-order valence-corrected chi connectivity index (χ4v) is 4.92. The lowest BCUT2D eigenvalue weighted by Crippen LogP contribution is -2.42. The number of benzene rings is 2. The van der Waals surface area contributed by atoms with Gasteiger partial charge >= 0.3 is 5.69 Å². The highest BCUT2D eigenvalue weighted by Gasteiger charge is 2.27. The molecule has 5 rings (SSSR count). The molecule has 2 aromatic carbocycles. The van der Waals surface area contributed by atoms with Crippen LogP contribution in [0.1, 0.15) is 24.4 Å². The lowest BCUT2D eigenvalue weighted by molar-refractivity contribution is -0.127. The SMILES string of the molecule is C=CC(=O)N1CCCC(n2c(=O)n(-c3ccc(Oc4cccc(C)c4OC)cc3)c3cnccc32)C1. The number of hydrogen-bond donors (Lipinski definition) is 0. The Balaban J connectivity index is 1.51. The summed E-state index contributed by atoms with van der Waals surface area (Å²) in [5.74, 6) is 1.82. The van der Waals surface area contributed by atoms with Crippen LogP contribution in [0.15, 0.2) is 78.4 Å². The van der Waals surface area contributed by atoms with Crippen molar-refractivity contribution in [2.45, 2.75) is 25.8 Å². The molecule has 1 unspecified atom stereocenters. The quantitative estimate of drug-likeness (QED) is 0.373. The van der Waals surface area contributed by atoms with Crippen LogP contribution in [0.25, 0.3) is 16.7 Å². The van der Waals surface area contributed by atoms with Crippen LogP contribution in [0.2, 0.25) is 0 Å². The molecule has 1 amide bonds. The molecule has 0 N–H and O–H groups in total. The maximum atomic E-state index is 13.8. The number of likely N-dealkylation sites (tertiary alicyclic amines) is 1. The third-order valence-electron chi connectivity index (χ3n) is 6.63. The Bertz CT molecular complexity index is 1490. The molecule has 1 aliphatic heterocycles. The van der Waals surface area contributed by atoms with Crippen LogP contribution in [-0.4, -0.2) is 45.1 Å². The standard InChI is InChI=1S/C28H28N4O4/c1-4-26(33)30-16-6-8-21(18-30)32-23-14-15-29-17-24(23)31(28(32)34)20-10-12-22(13-11-20)36-25-9-5-7-19(2)27(25)35-3/h4-5,7,9-15,17,21H,1,6,8,16,18H2,2-3H3. The Morgan fingerprint density at radius 2 is 1.94 bits per heavy atom. The van der Waals surface area contributed by atoms with Gasteiger partial charge in [-0.05, 0) is 67.8 Å². The second-order valence-electron chi connectivity index (χ2n) is 8.84. The van der Waals surface area contributed by atoms with E-state index < -0.39 is 0 Å². The van der Waals surface area contributed by atoms with Gasteiger partial charge in [-0.25, -0.2) is 4.79 Å². The minimum absolute atomic E-state index is 0.112. The van der Waals surface area contributed by atoms with Crippen molar-refractivity contribution in [2.24, 2.45) is 0 Å². The normalized spacial score (nSPS) is 15.6. The van der Waals surface area contributed by atoms with Crippen molar-refractivity contribution < 1.29 is 14.3 Å². The van der Waals surface area contributed by atoms with Gasteiger partial charge in [-0.2, -0.15) is 0 Å². The number of hydrogen-bond acceptors (Lipinski definition) is 5. The average Bonchev–Trinajstić information content (AvgIpc) is 3.20. The zero-order chi connectivity index (χ0) is 25.2. The highest BCUT2D eigenvalue weighted by atomic mass is 16.5. The molecule has 4 aromatic rings. The third kappa shape index (κ3) is 4.15. The zero-order valence-corrected chi connectivity index (χ0v) is 20.4. The number of piperidine rings is 1. The van der Waals surface area contributed by atoms with E-state index in [0.717, 1.165) is 23.9 Å². The number of aromatic nitrogens is 3. The lowest BCUT2D eigenvalue weighted by Gasteiger charge is -2.32. The van der Waals surface area contributed by atoms with Gasteiger partial charge in [0.2, 0.25) is 5.91 Å². The van der Waals surface area contributed by atoms with Crippen molar-refractivity contribution in [3.8, 4) is 22.9 Å². The maximum Gasteiger partial charge on any atom is 0.334 e. The first-order valence-corrected chi connectivity index (χ1v) is 11.9. The number of ether oxygens (including phenoxy) is 2. The molecule has 0 spiro atoms. The molecule has 0 bridgehead atoms. The summed E-state index contributed by atoms with van der Waals surface area (Å²) in [7, 11) is 1.62. The molecule has 1 aliphatic rings. The number of methoxy groups -OCH3 is 1. The Morgan fingerprint density at radius 3 is 2.69 bits per heavy atom. The smallest absolute Gasteiger partial charge is 0.334 e. The number of pyridine rings is 1. The van der Waals surface area contributed by atoms with Crippen LogP contribution in [-0.2, 0) is 4.79 Å². The van der Waals surface area contributed by atoms with Gasteiger partial charge < -0.3 is 14.4 Å². The van der Waals surface area contributed by atoms with E-state index in [0.29, 0.717) is 41.5 Å². The first-order chi connectivity index (χ1) is 17.5. The molecular weight excluding hydrogens is 456 g/mol. The predicted octanol–water partition coefficient (Wildman–Crippen LogP) is 4.65. The number of para-hydroxylation sites is 1. The molecule has 1 fully saturated rings. The molecule has 184 valence electrons. The number of fused-ring (bicyclic) bond motifs is 1. The second-order valence-corrected chi connectivity index (χ2v) is 8.84. The van der Waals surface area contributed by atoms with Crippen LogP contribution >= 0.6 is 0 Å². The Morgan fingerprint density at radius 1 is 1.14 bits per heavy atom. The fourth-order valence-electron chi connectivity index (χ4n) is 4.92. The van der Waals surface area contributed by atoms with E-state index in [1.807, 2.05) is 55.5 Å². The number of aryl methyl sites for hydroxylation is 1. The molecule has 0 aliphatic carbocycles. The van der Waals surface area contributed by atoms with E-state index in [1.54, 1.807) is 33.5 Å². The third-order valence-corrected chi connectivity index (χ3v) is 6.63. The van der Waals surface area contributed by atoms with Gasteiger partial charge in [-0.15, -0.1) is 0 Å². The van der Waals surface area contributed by atoms with Crippen LogP contribution in [0.3, 0.4) is 0 Å². The van der Waals surface area contributed by atoms with Crippen molar-refractivity contribution in [1.82, 2.24) is 19.0 Å². The maximum absolute atomic E-state index is 13.8. The first kappa shape index (κ1) is 23.4. The number of rotatable bonds is 6. The van der Waals surface area contributed by atoms with E-state index >= 15 is 0 Å². The summed E-state index contributed by atoms with van der Waals surface area (Å²) in [5, 5.41) is 0. The molecule has 8 nitrogen and oxygen atoms in total. The molecule has 2 aromatic heterocycles. The summed E-state index contributed by atoms with van der Waals surface area (Å²) in [5.41, 5.74) is 3.02. The van der Waals surface area contributed by atoms with E-state index in [1.165, 1.54) is 6.08 Å². The highest BCUT2D eigenvalue weighted by Crippen LogP contribution is 2.34. The topological polar surface area (TPSA) is 78.6 Å². The number of imidazole rings is 1. The Kier molecular flexibility index (Phi) is 6.33. The first-order valence-electron chi connectivity index (χ1n) is 11.9. The minimum atomic E-state index is -0.162. The molecule has 1 saturated heterocycles. The molecular formula is C28H28N4O4. The van der Waals surface area contributed by atoms with Crippen molar-refractivity contribution in [2.75, 3.05) is 20.2 Å². The van der Waals surface area contributed by atoms with Crippen LogP contribution in [0, 0.1) is 6.92 Å². The number of amides is 1. The molecule has 0 radical (unpaired) electrons. The summed E-state index contributed by atoms with van der Waals surface area (Å²) < 4.78 is 15.0. The fraction of sp³-hybridized carbons (Fsp3) is 0.250. The van der Waals surface area contributed by atoms with Gasteiger partial charge in [0.1, 0.15) is 5.75 Å². The summed E-state index contributed by atoms with van der Waals surface area (Å²) in [6.07, 6.45) is 6.35. The molecule has 3 heterocycles. The number of carbonyl (C=O) groups is 1. The minimum Gasteiger partial charge on any atom is -0.493 e. The van der Waals surface area contributed by atoms with Crippen molar-refractivity contribution in [3.63, 3.8) is 0 Å². The van der Waals surface area contributed by atoms with E-state index in [9.17, 15) is 9.59 Å².